The fourth-order valence-electron chi connectivity index (χ4n) is 6.48. The van der Waals surface area contributed by atoms with Gasteiger partial charge >= 0.3 is 0 Å². The van der Waals surface area contributed by atoms with Gasteiger partial charge < -0.3 is 9.64 Å². The number of pyridine rings is 1. The molecule has 5 heteroatoms. The number of nitrogens with zero attached hydrogens (tertiary/aromatic N) is 4. The van der Waals surface area contributed by atoms with Gasteiger partial charge in [0.15, 0.2) is 0 Å². The number of hydrogen-bond donors (Lipinski definition) is 0. The monoisotopic (exact) mass is 594 g/mol. The summed E-state index contributed by atoms with van der Waals surface area (Å²) in [4.78, 5) is 12.0. The van der Waals surface area contributed by atoms with E-state index in [9.17, 15) is 0 Å². The molecule has 0 saturated carbocycles. The van der Waals surface area contributed by atoms with Crippen LogP contribution in [0.5, 0.6) is 11.5 Å². The van der Waals surface area contributed by atoms with Gasteiger partial charge in [-0.2, -0.15) is 0 Å². The Morgan fingerprint density at radius 2 is 1.47 bits per heavy atom. The van der Waals surface area contributed by atoms with Gasteiger partial charge in [0.1, 0.15) is 23.6 Å². The minimum absolute atomic E-state index is 0.0286. The van der Waals surface area contributed by atoms with Crippen molar-refractivity contribution in [1.82, 2.24) is 14.5 Å². The molecule has 2 unspecified atom stereocenters. The van der Waals surface area contributed by atoms with Gasteiger partial charge in [-0.05, 0) is 95.0 Å². The number of benzene rings is 3. The predicted molar refractivity (Wildman–Crippen MR) is 186 cm³/mol. The van der Waals surface area contributed by atoms with E-state index in [-0.39, 0.29) is 22.8 Å². The molecular weight excluding hydrogens is 552 g/mol. The summed E-state index contributed by atoms with van der Waals surface area (Å²) >= 11 is 0. The summed E-state index contributed by atoms with van der Waals surface area (Å²) in [5.74, 6) is 2.83. The van der Waals surface area contributed by atoms with E-state index in [1.807, 2.05) is 12.5 Å². The quantitative estimate of drug-likeness (QED) is 0.208. The topological polar surface area (TPSA) is 43.2 Å². The Balaban J connectivity index is 1.31. The van der Waals surface area contributed by atoms with E-state index in [0.717, 1.165) is 39.7 Å². The van der Waals surface area contributed by atoms with E-state index in [0.29, 0.717) is 0 Å². The van der Waals surface area contributed by atoms with E-state index >= 15 is 0 Å². The highest BCUT2D eigenvalue weighted by Crippen LogP contribution is 2.49. The Morgan fingerprint density at radius 3 is 2.24 bits per heavy atom. The molecule has 228 valence electrons. The highest BCUT2D eigenvalue weighted by atomic mass is 16.5. The second-order valence-electron chi connectivity index (χ2n) is 14.6. The number of aromatic nitrogens is 3. The molecule has 1 aliphatic heterocycles. The Kier molecular flexibility index (Phi) is 6.77. The number of hydrogen-bond acceptors (Lipinski definition) is 4. The number of aryl methyl sites for hydroxylation is 2. The normalized spacial score (nSPS) is 17.6. The molecule has 0 radical (unpaired) electrons. The van der Waals surface area contributed by atoms with Crippen molar-refractivity contribution in [1.29, 1.82) is 0 Å². The molecule has 1 aliphatic carbocycles. The summed E-state index contributed by atoms with van der Waals surface area (Å²) in [7, 11) is 0. The van der Waals surface area contributed by atoms with Crippen molar-refractivity contribution in [3.05, 3.63) is 125 Å². The van der Waals surface area contributed by atoms with Gasteiger partial charge in [0.25, 0.3) is 0 Å². The Morgan fingerprint density at radius 1 is 0.711 bits per heavy atom. The van der Waals surface area contributed by atoms with Gasteiger partial charge in [-0.15, -0.1) is 0 Å². The number of ether oxygens (including phenoxy) is 1. The first-order valence-electron chi connectivity index (χ1n) is 15.9. The van der Waals surface area contributed by atoms with Gasteiger partial charge in [-0.1, -0.05) is 71.9 Å². The van der Waals surface area contributed by atoms with Crippen molar-refractivity contribution in [2.75, 3.05) is 4.90 Å². The zero-order valence-electron chi connectivity index (χ0n) is 27.6. The molecule has 5 aromatic rings. The maximum atomic E-state index is 6.73. The first-order valence-corrected chi connectivity index (χ1v) is 15.9. The second-order valence-corrected chi connectivity index (χ2v) is 14.6. The molecule has 0 amide bonds. The fraction of sp³-hybridized carbons (Fsp3) is 0.300. The summed E-state index contributed by atoms with van der Waals surface area (Å²) < 4.78 is 8.90. The van der Waals surface area contributed by atoms with Crippen LogP contribution in [0.2, 0.25) is 0 Å². The highest BCUT2D eigenvalue weighted by Gasteiger charge is 2.38. The van der Waals surface area contributed by atoms with E-state index in [4.69, 9.17) is 14.7 Å². The number of rotatable bonds is 4. The van der Waals surface area contributed by atoms with Crippen LogP contribution >= 0.6 is 0 Å². The molecule has 2 aromatic heterocycles. The summed E-state index contributed by atoms with van der Waals surface area (Å²) in [6.45, 7) is 17.7. The van der Waals surface area contributed by atoms with Crippen molar-refractivity contribution < 1.29 is 4.74 Å². The van der Waals surface area contributed by atoms with Crippen molar-refractivity contribution in [2.24, 2.45) is 0 Å². The molecule has 2 atom stereocenters. The molecule has 2 aliphatic rings. The molecule has 0 N–H and O–H groups in total. The fourth-order valence-corrected chi connectivity index (χ4v) is 6.48. The summed E-state index contributed by atoms with van der Waals surface area (Å²) in [5.41, 5.74) is 10.5. The van der Waals surface area contributed by atoms with Crippen LogP contribution in [0.15, 0.2) is 97.5 Å². The lowest BCUT2D eigenvalue weighted by Crippen LogP contribution is -2.29. The van der Waals surface area contributed by atoms with Gasteiger partial charge in [0, 0.05) is 24.2 Å². The van der Waals surface area contributed by atoms with E-state index in [2.05, 4.69) is 150 Å². The molecule has 0 fully saturated rings. The molecule has 0 spiro atoms. The van der Waals surface area contributed by atoms with Crippen LogP contribution in [0.1, 0.15) is 75.3 Å². The Hall–Kier alpha value is -4.64. The Bertz CT molecular complexity index is 2000. The number of allylic oxidation sites excluding steroid dienone is 2. The average Bonchev–Trinajstić information content (AvgIpc) is 3.54. The van der Waals surface area contributed by atoms with E-state index in [1.165, 1.54) is 27.8 Å². The first kappa shape index (κ1) is 29.1. The highest BCUT2D eigenvalue weighted by molar-refractivity contribution is 5.80. The first-order chi connectivity index (χ1) is 21.4. The molecule has 7 rings (SSSR count). The second kappa shape index (κ2) is 10.5. The lowest BCUT2D eigenvalue weighted by molar-refractivity contribution is 0.478. The van der Waals surface area contributed by atoms with Gasteiger partial charge in [0.2, 0.25) is 0 Å². The zero-order chi connectivity index (χ0) is 31.7. The van der Waals surface area contributed by atoms with Gasteiger partial charge in [-0.3, -0.25) is 4.57 Å². The van der Waals surface area contributed by atoms with Crippen LogP contribution in [-0.2, 0) is 10.8 Å². The van der Waals surface area contributed by atoms with Crippen molar-refractivity contribution in [3.8, 4) is 17.2 Å². The summed E-state index contributed by atoms with van der Waals surface area (Å²) in [6.07, 6.45) is 12.7. The van der Waals surface area contributed by atoms with Crippen LogP contribution < -0.4 is 9.64 Å². The van der Waals surface area contributed by atoms with Crippen LogP contribution in [0, 0.1) is 13.8 Å². The van der Waals surface area contributed by atoms with E-state index < -0.39 is 0 Å². The molecule has 3 aromatic carbocycles. The molecule has 5 nitrogen and oxygen atoms in total. The van der Waals surface area contributed by atoms with Crippen molar-refractivity contribution >= 4 is 22.5 Å². The molecule has 3 heterocycles. The lowest BCUT2D eigenvalue weighted by Gasteiger charge is -2.29. The maximum Gasteiger partial charge on any atom is 0.133 e. The number of fused-ring (bicyclic) bond motifs is 4. The van der Waals surface area contributed by atoms with Crippen molar-refractivity contribution in [3.63, 3.8) is 0 Å². The maximum absolute atomic E-state index is 6.73. The smallest absolute Gasteiger partial charge is 0.133 e. The lowest BCUT2D eigenvalue weighted by atomic mass is 9.86. The van der Waals surface area contributed by atoms with Crippen LogP contribution in [0.3, 0.4) is 0 Å². The number of anilines is 2. The van der Waals surface area contributed by atoms with Gasteiger partial charge in [-0.25, -0.2) is 9.97 Å². The third kappa shape index (κ3) is 5.24. The van der Waals surface area contributed by atoms with Gasteiger partial charge in [0.05, 0.1) is 28.5 Å². The largest absolute Gasteiger partial charge is 0.457 e. The van der Waals surface area contributed by atoms with Crippen LogP contribution in [0.25, 0.3) is 16.7 Å². The number of imidazole rings is 1. The third-order valence-electron chi connectivity index (χ3n) is 9.32. The third-order valence-corrected chi connectivity index (χ3v) is 9.32. The molecular formula is C40H42N4O. The van der Waals surface area contributed by atoms with Crippen LogP contribution in [0.4, 0.5) is 11.5 Å². The molecule has 0 bridgehead atoms. The predicted octanol–water partition coefficient (Wildman–Crippen LogP) is 10.2. The Labute approximate surface area is 266 Å². The zero-order valence-corrected chi connectivity index (χ0v) is 27.6. The standard InChI is InChI=1S/C40H42N4O/c1-25-17-34-37(18-26(25)2)43(24-42-34)29-19-28(40(6,7)8)20-31(22-29)45-30-13-14-33-32-11-9-10-12-35(32)44(36(33)23-30)38-21-27(15-16-41-38)39(3,4)5/h9-24,32,35H,1-8H3. The SMILES string of the molecule is Cc1cc2ncn(-c3cc(Oc4ccc5c(c4)N(c4cc(C(C)(C)C)ccn4)C4C=CC=CC54)cc(C(C)(C)C)c3)c2cc1C. The molecule has 0 saturated heterocycles. The minimum Gasteiger partial charge on any atom is -0.457 e. The molecule has 45 heavy (non-hydrogen) atoms. The average molecular weight is 595 g/mol. The van der Waals surface area contributed by atoms with Crippen molar-refractivity contribution in [2.45, 2.75) is 78.2 Å². The minimum atomic E-state index is -0.0656. The summed E-state index contributed by atoms with van der Waals surface area (Å²) in [6, 6.07) is 22.0. The summed E-state index contributed by atoms with van der Waals surface area (Å²) in [5, 5.41) is 0. The van der Waals surface area contributed by atoms with E-state index in [1.54, 1.807) is 0 Å². The van der Waals surface area contributed by atoms with Crippen LogP contribution in [-0.4, -0.2) is 20.6 Å².